The van der Waals surface area contributed by atoms with Gasteiger partial charge in [-0.25, -0.2) is 0 Å². The lowest BCUT2D eigenvalue weighted by atomic mass is 9.90. The zero-order chi connectivity index (χ0) is 12.1. The van der Waals surface area contributed by atoms with Crippen molar-refractivity contribution in [1.82, 2.24) is 4.90 Å². The predicted molar refractivity (Wildman–Crippen MR) is 69.8 cm³/mol. The summed E-state index contributed by atoms with van der Waals surface area (Å²) in [6, 6.07) is 1.98. The maximum absolute atomic E-state index is 12.4. The fourth-order valence-corrected chi connectivity index (χ4v) is 2.74. The summed E-state index contributed by atoms with van der Waals surface area (Å²) >= 11 is 1.65. The van der Waals surface area contributed by atoms with Crippen LogP contribution in [0.25, 0.3) is 0 Å². The molecule has 0 saturated heterocycles. The molecule has 0 radical (unpaired) electrons. The van der Waals surface area contributed by atoms with Crippen LogP contribution in [0.15, 0.2) is 16.8 Å². The number of rotatable bonds is 6. The number of Topliss-reactive ketones (excluding diaryl/α,β-unsaturated/α-hetero) is 1. The number of nitrogens with zero attached hydrogens (tertiary/aromatic N) is 1. The van der Waals surface area contributed by atoms with Crippen molar-refractivity contribution in [3.05, 3.63) is 22.4 Å². The van der Waals surface area contributed by atoms with Crippen LogP contribution in [0.4, 0.5) is 0 Å². The Labute approximate surface area is 102 Å². The third kappa shape index (κ3) is 2.92. The first-order chi connectivity index (χ1) is 7.61. The Hall–Kier alpha value is -0.670. The molecule has 0 saturated carbocycles. The Morgan fingerprint density at radius 2 is 2.00 bits per heavy atom. The molecular formula is C13H21NOS. The number of hydrogen-bond donors (Lipinski definition) is 0. The molecule has 0 aliphatic heterocycles. The van der Waals surface area contributed by atoms with Gasteiger partial charge in [-0.3, -0.25) is 9.69 Å². The summed E-state index contributed by atoms with van der Waals surface area (Å²) in [5.41, 5.74) is 1.13. The average Bonchev–Trinajstić information content (AvgIpc) is 2.72. The minimum absolute atomic E-state index is 0.0730. The maximum Gasteiger partial charge on any atom is 0.157 e. The van der Waals surface area contributed by atoms with Gasteiger partial charge < -0.3 is 0 Å². The average molecular weight is 239 g/mol. The first kappa shape index (κ1) is 13.4. The predicted octanol–water partition coefficient (Wildman–Crippen LogP) is 3.36. The van der Waals surface area contributed by atoms with E-state index in [1.807, 2.05) is 24.4 Å². The lowest BCUT2D eigenvalue weighted by molar-refractivity contribution is -0.127. The highest BCUT2D eigenvalue weighted by Crippen LogP contribution is 2.27. The van der Waals surface area contributed by atoms with Crippen LogP contribution < -0.4 is 0 Å². The van der Waals surface area contributed by atoms with E-state index in [0.29, 0.717) is 5.78 Å². The summed E-state index contributed by atoms with van der Waals surface area (Å²) < 4.78 is 0. The third-order valence-corrected chi connectivity index (χ3v) is 3.73. The summed E-state index contributed by atoms with van der Waals surface area (Å²) in [6.45, 7) is 4.18. The van der Waals surface area contributed by atoms with Gasteiger partial charge in [0.05, 0.1) is 6.04 Å². The van der Waals surface area contributed by atoms with Crippen LogP contribution in [0, 0.1) is 5.92 Å². The van der Waals surface area contributed by atoms with Gasteiger partial charge in [-0.1, -0.05) is 13.8 Å². The summed E-state index contributed by atoms with van der Waals surface area (Å²) in [5, 5.41) is 4.11. The van der Waals surface area contributed by atoms with Gasteiger partial charge in [0.1, 0.15) is 0 Å². The molecule has 1 atom stereocenters. The van der Waals surface area contributed by atoms with Crippen molar-refractivity contribution in [2.24, 2.45) is 5.92 Å². The lowest BCUT2D eigenvalue weighted by Gasteiger charge is -2.26. The first-order valence-corrected chi connectivity index (χ1v) is 6.78. The molecule has 0 aromatic carbocycles. The van der Waals surface area contributed by atoms with Gasteiger partial charge in [0.25, 0.3) is 0 Å². The topological polar surface area (TPSA) is 20.3 Å². The Morgan fingerprint density at radius 3 is 2.38 bits per heavy atom. The Bertz CT molecular complexity index is 315. The highest BCUT2D eigenvalue weighted by Gasteiger charge is 2.27. The summed E-state index contributed by atoms with van der Waals surface area (Å²) in [7, 11) is 3.95. The quantitative estimate of drug-likeness (QED) is 0.758. The SMILES string of the molecule is CCC(CC)C(=O)C(c1ccsc1)N(C)C. The van der Waals surface area contributed by atoms with Gasteiger partial charge in [0.15, 0.2) is 5.78 Å². The number of ketones is 1. The van der Waals surface area contributed by atoms with E-state index in [1.54, 1.807) is 11.3 Å². The maximum atomic E-state index is 12.4. The van der Waals surface area contributed by atoms with Crippen molar-refractivity contribution in [3.63, 3.8) is 0 Å². The summed E-state index contributed by atoms with van der Waals surface area (Å²) in [4.78, 5) is 14.4. The van der Waals surface area contributed by atoms with E-state index in [4.69, 9.17) is 0 Å². The molecular weight excluding hydrogens is 218 g/mol. The molecule has 90 valence electrons. The molecule has 1 unspecified atom stereocenters. The first-order valence-electron chi connectivity index (χ1n) is 5.84. The van der Waals surface area contributed by atoms with Crippen molar-refractivity contribution < 1.29 is 4.79 Å². The second kappa shape index (κ2) is 6.16. The molecule has 0 fully saturated rings. The molecule has 1 aromatic rings. The zero-order valence-corrected chi connectivity index (χ0v) is 11.4. The van der Waals surface area contributed by atoms with E-state index in [2.05, 4.69) is 25.3 Å². The Balaban J connectivity index is 2.91. The van der Waals surface area contributed by atoms with Crippen LogP contribution in [0.3, 0.4) is 0 Å². The molecule has 1 aromatic heterocycles. The largest absolute Gasteiger partial charge is 0.297 e. The van der Waals surface area contributed by atoms with Gasteiger partial charge in [0, 0.05) is 5.92 Å². The Morgan fingerprint density at radius 1 is 1.38 bits per heavy atom. The fourth-order valence-electron chi connectivity index (χ4n) is 2.06. The van der Waals surface area contributed by atoms with Crippen molar-refractivity contribution in [2.75, 3.05) is 14.1 Å². The van der Waals surface area contributed by atoms with Crippen LogP contribution in [-0.2, 0) is 4.79 Å². The van der Waals surface area contributed by atoms with Crippen LogP contribution in [0.1, 0.15) is 38.3 Å². The van der Waals surface area contributed by atoms with E-state index in [9.17, 15) is 4.79 Å². The monoisotopic (exact) mass is 239 g/mol. The second-order valence-corrected chi connectivity index (χ2v) is 5.12. The molecule has 0 amide bonds. The molecule has 2 nitrogen and oxygen atoms in total. The van der Waals surface area contributed by atoms with Crippen molar-refractivity contribution in [2.45, 2.75) is 32.7 Å². The normalized spacial score (nSPS) is 13.4. The summed E-state index contributed by atoms with van der Waals surface area (Å²) in [5.74, 6) is 0.542. The van der Waals surface area contributed by atoms with Gasteiger partial charge in [0.2, 0.25) is 0 Å². The molecule has 0 spiro atoms. The van der Waals surface area contributed by atoms with Crippen LogP contribution >= 0.6 is 11.3 Å². The van der Waals surface area contributed by atoms with E-state index >= 15 is 0 Å². The minimum Gasteiger partial charge on any atom is -0.297 e. The van der Waals surface area contributed by atoms with Gasteiger partial charge >= 0.3 is 0 Å². The molecule has 0 aliphatic rings. The lowest BCUT2D eigenvalue weighted by Crippen LogP contribution is -2.31. The van der Waals surface area contributed by atoms with E-state index in [-0.39, 0.29) is 12.0 Å². The van der Waals surface area contributed by atoms with Gasteiger partial charge in [-0.15, -0.1) is 0 Å². The van der Waals surface area contributed by atoms with Crippen LogP contribution in [0.2, 0.25) is 0 Å². The highest BCUT2D eigenvalue weighted by molar-refractivity contribution is 7.08. The van der Waals surface area contributed by atoms with E-state index in [0.717, 1.165) is 18.4 Å². The smallest absolute Gasteiger partial charge is 0.157 e. The van der Waals surface area contributed by atoms with Crippen molar-refractivity contribution in [1.29, 1.82) is 0 Å². The standard InChI is InChI=1S/C13H21NOS/c1-5-10(6-2)13(15)12(14(3)4)11-7-8-16-9-11/h7-10,12H,5-6H2,1-4H3. The number of carbonyl (C=O) groups is 1. The second-order valence-electron chi connectivity index (χ2n) is 4.34. The van der Waals surface area contributed by atoms with Crippen molar-refractivity contribution >= 4 is 17.1 Å². The van der Waals surface area contributed by atoms with Gasteiger partial charge in [-0.05, 0) is 49.3 Å². The van der Waals surface area contributed by atoms with Crippen molar-refractivity contribution in [3.8, 4) is 0 Å². The molecule has 3 heteroatoms. The number of hydrogen-bond acceptors (Lipinski definition) is 3. The minimum atomic E-state index is -0.0730. The zero-order valence-electron chi connectivity index (χ0n) is 10.6. The number of likely N-dealkylation sites (N-methyl/N-ethyl adjacent to an activating group) is 1. The summed E-state index contributed by atoms with van der Waals surface area (Å²) in [6.07, 6.45) is 1.87. The van der Waals surface area contributed by atoms with Gasteiger partial charge in [-0.2, -0.15) is 11.3 Å². The fraction of sp³-hybridized carbons (Fsp3) is 0.615. The number of carbonyl (C=O) groups excluding carboxylic acids is 1. The Kier molecular flexibility index (Phi) is 5.16. The molecule has 1 heterocycles. The molecule has 1 rings (SSSR count). The molecule has 16 heavy (non-hydrogen) atoms. The molecule has 0 N–H and O–H groups in total. The number of thiophene rings is 1. The van der Waals surface area contributed by atoms with E-state index in [1.165, 1.54) is 0 Å². The molecule has 0 bridgehead atoms. The van der Waals surface area contributed by atoms with Crippen LogP contribution in [-0.4, -0.2) is 24.8 Å². The van der Waals surface area contributed by atoms with Crippen LogP contribution in [0.5, 0.6) is 0 Å². The third-order valence-electron chi connectivity index (χ3n) is 3.03. The molecule has 0 aliphatic carbocycles. The van der Waals surface area contributed by atoms with E-state index < -0.39 is 0 Å². The highest BCUT2D eigenvalue weighted by atomic mass is 32.1.